The van der Waals surface area contributed by atoms with Crippen LogP contribution < -0.4 is 16.4 Å². The van der Waals surface area contributed by atoms with Gasteiger partial charge in [-0.15, -0.1) is 0 Å². The predicted molar refractivity (Wildman–Crippen MR) is 56.0 cm³/mol. The first kappa shape index (κ1) is 10.8. The lowest BCUT2D eigenvalue weighted by molar-refractivity contribution is 0.209. The molecule has 6 heteroatoms. The number of urea groups is 1. The highest BCUT2D eigenvalue weighted by molar-refractivity contribution is 5.90. The lowest BCUT2D eigenvalue weighted by Crippen LogP contribution is -2.19. The lowest BCUT2D eigenvalue weighted by Gasteiger charge is -2.08. The van der Waals surface area contributed by atoms with Crippen LogP contribution in [0.1, 0.15) is 5.56 Å². The van der Waals surface area contributed by atoms with E-state index in [0.717, 1.165) is 5.56 Å². The highest BCUT2D eigenvalue weighted by atomic mass is 16.4. The van der Waals surface area contributed by atoms with E-state index in [0.29, 0.717) is 11.4 Å². The number of carbonyl (C=O) groups excluding carboxylic acids is 1. The molecule has 0 fully saturated rings. The van der Waals surface area contributed by atoms with E-state index < -0.39 is 12.1 Å². The molecule has 0 spiro atoms. The topological polar surface area (TPSA) is 104 Å². The monoisotopic (exact) mass is 209 g/mol. The summed E-state index contributed by atoms with van der Waals surface area (Å²) < 4.78 is 0. The highest BCUT2D eigenvalue weighted by Gasteiger charge is 2.04. The molecule has 3 amide bonds. The third-order valence-corrected chi connectivity index (χ3v) is 1.75. The number of aryl methyl sites for hydroxylation is 1. The Kier molecular flexibility index (Phi) is 3.12. The zero-order valence-corrected chi connectivity index (χ0v) is 8.07. The molecule has 1 aromatic carbocycles. The first-order valence-electron chi connectivity index (χ1n) is 4.16. The summed E-state index contributed by atoms with van der Waals surface area (Å²) in [5.74, 6) is 0. The summed E-state index contributed by atoms with van der Waals surface area (Å²) in [6.07, 6.45) is -1.16. The summed E-state index contributed by atoms with van der Waals surface area (Å²) in [7, 11) is 0. The van der Waals surface area contributed by atoms with Crippen molar-refractivity contribution in [3.05, 3.63) is 23.8 Å². The van der Waals surface area contributed by atoms with E-state index in [1.165, 1.54) is 6.07 Å². The van der Waals surface area contributed by atoms with Crippen molar-refractivity contribution in [3.8, 4) is 0 Å². The summed E-state index contributed by atoms with van der Waals surface area (Å²) >= 11 is 0. The number of hydrogen-bond donors (Lipinski definition) is 4. The minimum absolute atomic E-state index is 0.411. The normalized spacial score (nSPS) is 9.40. The Morgan fingerprint density at radius 1 is 1.33 bits per heavy atom. The van der Waals surface area contributed by atoms with Crippen molar-refractivity contribution in [1.82, 2.24) is 0 Å². The number of carbonyl (C=O) groups is 2. The summed E-state index contributed by atoms with van der Waals surface area (Å²) in [6, 6.07) is 4.11. The van der Waals surface area contributed by atoms with Gasteiger partial charge in [-0.3, -0.25) is 5.32 Å². The molecule has 6 nitrogen and oxygen atoms in total. The summed E-state index contributed by atoms with van der Waals surface area (Å²) in [6.45, 7) is 1.75. The molecular weight excluding hydrogens is 198 g/mol. The van der Waals surface area contributed by atoms with Gasteiger partial charge in [-0.05, 0) is 24.6 Å². The van der Waals surface area contributed by atoms with Gasteiger partial charge >= 0.3 is 12.1 Å². The maximum absolute atomic E-state index is 10.6. The van der Waals surface area contributed by atoms with Gasteiger partial charge in [-0.25, -0.2) is 9.59 Å². The van der Waals surface area contributed by atoms with Crippen LogP contribution in [-0.4, -0.2) is 17.2 Å². The average Bonchev–Trinajstić information content (AvgIpc) is 2.09. The SMILES string of the molecule is Cc1ccc(NC(N)=O)cc1NC(=O)O. The van der Waals surface area contributed by atoms with Crippen molar-refractivity contribution in [2.24, 2.45) is 5.73 Å². The smallest absolute Gasteiger partial charge is 0.409 e. The molecular formula is C9H11N3O3. The van der Waals surface area contributed by atoms with Crippen LogP contribution in [0.2, 0.25) is 0 Å². The zero-order chi connectivity index (χ0) is 11.4. The number of primary amides is 1. The fourth-order valence-electron chi connectivity index (χ4n) is 1.09. The lowest BCUT2D eigenvalue weighted by atomic mass is 10.2. The molecule has 1 rings (SSSR count). The number of amides is 3. The van der Waals surface area contributed by atoms with E-state index >= 15 is 0 Å². The van der Waals surface area contributed by atoms with Crippen LogP contribution >= 0.6 is 0 Å². The van der Waals surface area contributed by atoms with Crippen molar-refractivity contribution in [1.29, 1.82) is 0 Å². The maximum Gasteiger partial charge on any atom is 0.409 e. The Bertz CT molecular complexity index is 404. The summed E-state index contributed by atoms with van der Waals surface area (Å²) in [4.78, 5) is 21.0. The molecule has 0 atom stereocenters. The molecule has 0 aliphatic rings. The van der Waals surface area contributed by atoms with Gasteiger partial charge in [0.15, 0.2) is 0 Å². The van der Waals surface area contributed by atoms with Gasteiger partial charge in [0.2, 0.25) is 0 Å². The molecule has 0 saturated carbocycles. The Labute approximate surface area is 86.1 Å². The number of benzene rings is 1. The van der Waals surface area contributed by atoms with Gasteiger partial charge < -0.3 is 16.2 Å². The van der Waals surface area contributed by atoms with Gasteiger partial charge in [-0.1, -0.05) is 6.07 Å². The predicted octanol–water partition coefficient (Wildman–Crippen LogP) is 1.58. The first-order chi connectivity index (χ1) is 6.99. The van der Waals surface area contributed by atoms with Crippen LogP contribution in [0.5, 0.6) is 0 Å². The standard InChI is InChI=1S/C9H11N3O3/c1-5-2-3-6(11-8(10)13)4-7(5)12-9(14)15/h2-4,12H,1H3,(H,14,15)(H3,10,11,13). The van der Waals surface area contributed by atoms with Crippen LogP contribution in [0.3, 0.4) is 0 Å². The Morgan fingerprint density at radius 3 is 2.53 bits per heavy atom. The molecule has 1 aromatic rings. The van der Waals surface area contributed by atoms with Crippen LogP contribution in [0, 0.1) is 6.92 Å². The number of anilines is 2. The molecule has 15 heavy (non-hydrogen) atoms. The van der Waals surface area contributed by atoms with E-state index in [9.17, 15) is 9.59 Å². The molecule has 0 aromatic heterocycles. The average molecular weight is 209 g/mol. The number of nitrogens with two attached hydrogens (primary N) is 1. The largest absolute Gasteiger partial charge is 0.465 e. The fourth-order valence-corrected chi connectivity index (χ4v) is 1.09. The second kappa shape index (κ2) is 4.32. The Balaban J connectivity index is 2.94. The van der Waals surface area contributed by atoms with Gasteiger partial charge in [0.1, 0.15) is 0 Å². The van der Waals surface area contributed by atoms with Crippen molar-refractivity contribution in [2.45, 2.75) is 6.92 Å². The molecule has 0 radical (unpaired) electrons. The van der Waals surface area contributed by atoms with Crippen molar-refractivity contribution in [3.63, 3.8) is 0 Å². The molecule has 0 saturated heterocycles. The second-order valence-electron chi connectivity index (χ2n) is 2.95. The quantitative estimate of drug-likeness (QED) is 0.594. The van der Waals surface area contributed by atoms with E-state index in [2.05, 4.69) is 10.6 Å². The minimum atomic E-state index is -1.16. The fraction of sp³-hybridized carbons (Fsp3) is 0.111. The van der Waals surface area contributed by atoms with E-state index in [-0.39, 0.29) is 0 Å². The van der Waals surface area contributed by atoms with E-state index in [1.807, 2.05) is 0 Å². The van der Waals surface area contributed by atoms with Gasteiger partial charge in [-0.2, -0.15) is 0 Å². The van der Waals surface area contributed by atoms with Gasteiger partial charge in [0.05, 0.1) is 0 Å². The first-order valence-corrected chi connectivity index (χ1v) is 4.16. The Morgan fingerprint density at radius 2 is 2.00 bits per heavy atom. The number of carboxylic acid groups (broad SMARTS) is 1. The zero-order valence-electron chi connectivity index (χ0n) is 8.07. The number of nitrogens with one attached hydrogen (secondary N) is 2. The highest BCUT2D eigenvalue weighted by Crippen LogP contribution is 2.19. The van der Waals surface area contributed by atoms with Crippen molar-refractivity contribution >= 4 is 23.5 Å². The molecule has 0 aliphatic carbocycles. The second-order valence-corrected chi connectivity index (χ2v) is 2.95. The third kappa shape index (κ3) is 3.18. The van der Waals surface area contributed by atoms with Crippen LogP contribution in [0.4, 0.5) is 21.0 Å². The minimum Gasteiger partial charge on any atom is -0.465 e. The molecule has 0 heterocycles. The van der Waals surface area contributed by atoms with E-state index in [1.54, 1.807) is 19.1 Å². The summed E-state index contributed by atoms with van der Waals surface area (Å²) in [5.41, 5.74) is 6.54. The maximum atomic E-state index is 10.6. The van der Waals surface area contributed by atoms with Gasteiger partial charge in [0.25, 0.3) is 0 Å². The molecule has 5 N–H and O–H groups in total. The van der Waals surface area contributed by atoms with Crippen LogP contribution in [-0.2, 0) is 0 Å². The molecule has 0 unspecified atom stereocenters. The van der Waals surface area contributed by atoms with Crippen molar-refractivity contribution < 1.29 is 14.7 Å². The van der Waals surface area contributed by atoms with E-state index in [4.69, 9.17) is 10.8 Å². The number of rotatable bonds is 2. The summed E-state index contributed by atoms with van der Waals surface area (Å²) in [5, 5.41) is 13.1. The molecule has 0 aliphatic heterocycles. The third-order valence-electron chi connectivity index (χ3n) is 1.75. The Hall–Kier alpha value is -2.24. The molecule has 80 valence electrons. The van der Waals surface area contributed by atoms with Crippen LogP contribution in [0.15, 0.2) is 18.2 Å². The number of hydrogen-bond acceptors (Lipinski definition) is 2. The van der Waals surface area contributed by atoms with Gasteiger partial charge in [0, 0.05) is 11.4 Å². The van der Waals surface area contributed by atoms with Crippen molar-refractivity contribution in [2.75, 3.05) is 10.6 Å². The van der Waals surface area contributed by atoms with Crippen LogP contribution in [0.25, 0.3) is 0 Å². The molecule has 0 bridgehead atoms.